The lowest BCUT2D eigenvalue weighted by atomic mass is 9.95. The van der Waals surface area contributed by atoms with Crippen molar-refractivity contribution in [2.45, 2.75) is 6.54 Å². The molecule has 0 saturated carbocycles. The summed E-state index contributed by atoms with van der Waals surface area (Å²) in [5.74, 6) is -0.682. The van der Waals surface area contributed by atoms with Crippen LogP contribution >= 0.6 is 0 Å². The summed E-state index contributed by atoms with van der Waals surface area (Å²) in [7, 11) is 1.24. The first-order valence-corrected chi connectivity index (χ1v) is 10.4. The van der Waals surface area contributed by atoms with Gasteiger partial charge in [0.1, 0.15) is 5.69 Å². The number of fused-ring (bicyclic) bond motifs is 2. The first kappa shape index (κ1) is 21.3. The van der Waals surface area contributed by atoms with Gasteiger partial charge in [0, 0.05) is 10.9 Å². The number of carboxylic acids is 1. The summed E-state index contributed by atoms with van der Waals surface area (Å²) >= 11 is 0. The number of hydrogen-bond donors (Lipinski definition) is 1. The summed E-state index contributed by atoms with van der Waals surface area (Å²) in [6.45, 7) is 0.183. The summed E-state index contributed by atoms with van der Waals surface area (Å²) in [6.07, 6.45) is 0. The van der Waals surface area contributed by atoms with Crippen LogP contribution in [0.5, 0.6) is 11.5 Å². The number of carboxylic acid groups (broad SMARTS) is 1. The maximum Gasteiger partial charge on any atom is 0.355 e. The molecule has 0 saturated heterocycles. The van der Waals surface area contributed by atoms with Gasteiger partial charge in [-0.15, -0.1) is 0 Å². The van der Waals surface area contributed by atoms with Crippen LogP contribution in [0.15, 0.2) is 71.5 Å². The van der Waals surface area contributed by atoms with E-state index in [2.05, 4.69) is 0 Å². The van der Waals surface area contributed by atoms with Crippen molar-refractivity contribution in [2.75, 3.05) is 13.9 Å². The van der Waals surface area contributed by atoms with E-state index in [4.69, 9.17) is 14.2 Å². The van der Waals surface area contributed by atoms with Crippen molar-refractivity contribution in [1.82, 2.24) is 4.57 Å². The van der Waals surface area contributed by atoms with Gasteiger partial charge in [-0.05, 0) is 46.8 Å². The molecule has 3 aromatic carbocycles. The summed E-state index contributed by atoms with van der Waals surface area (Å²) < 4.78 is 17.2. The third-order valence-corrected chi connectivity index (χ3v) is 5.74. The van der Waals surface area contributed by atoms with Gasteiger partial charge in [-0.1, -0.05) is 36.4 Å². The van der Waals surface area contributed by atoms with Crippen molar-refractivity contribution in [3.63, 3.8) is 0 Å². The number of pyridine rings is 1. The Labute approximate surface area is 193 Å². The normalized spacial score (nSPS) is 12.0. The van der Waals surface area contributed by atoms with Crippen LogP contribution in [0, 0.1) is 0 Å². The van der Waals surface area contributed by atoms with E-state index < -0.39 is 17.5 Å². The van der Waals surface area contributed by atoms with Crippen LogP contribution in [-0.2, 0) is 11.3 Å². The molecule has 0 spiro atoms. The number of carbonyl (C=O) groups is 2. The average Bonchev–Trinajstić information content (AvgIpc) is 3.33. The molecule has 4 aromatic rings. The second-order valence-corrected chi connectivity index (χ2v) is 7.73. The topological polar surface area (TPSA) is 104 Å². The van der Waals surface area contributed by atoms with Crippen LogP contribution in [0.1, 0.15) is 26.4 Å². The fraction of sp³-hybridized carbons (Fsp3) is 0.115. The molecule has 1 aromatic heterocycles. The lowest BCUT2D eigenvalue weighted by Gasteiger charge is -2.19. The number of aromatic carboxylic acids is 1. The minimum absolute atomic E-state index is 0.00779. The second-order valence-electron chi connectivity index (χ2n) is 7.73. The van der Waals surface area contributed by atoms with Crippen LogP contribution in [0.25, 0.3) is 21.9 Å². The zero-order valence-corrected chi connectivity index (χ0v) is 18.1. The molecule has 0 unspecified atom stereocenters. The van der Waals surface area contributed by atoms with Gasteiger partial charge in [0.25, 0.3) is 5.56 Å². The number of carbonyl (C=O) groups excluding carboxylic acids is 1. The van der Waals surface area contributed by atoms with Gasteiger partial charge in [-0.2, -0.15) is 0 Å². The van der Waals surface area contributed by atoms with E-state index in [1.165, 1.54) is 29.9 Å². The van der Waals surface area contributed by atoms with Crippen LogP contribution < -0.4 is 15.0 Å². The number of benzene rings is 3. The average molecular weight is 457 g/mol. The minimum atomic E-state index is -1.13. The van der Waals surface area contributed by atoms with E-state index in [1.54, 1.807) is 42.5 Å². The van der Waals surface area contributed by atoms with E-state index in [0.29, 0.717) is 28.0 Å². The standard InChI is InChI=1S/C26H19NO7/c1-32-26(31)23-22(16-5-3-2-4-6-16)19-12-17(25(29)30)8-9-18(19)24(28)27(23)13-15-7-10-20-21(11-15)34-14-33-20/h2-12H,13-14H2,1H3,(H,29,30). The number of nitrogens with zero attached hydrogens (tertiary/aromatic N) is 1. The first-order valence-electron chi connectivity index (χ1n) is 10.4. The Hall–Kier alpha value is -4.59. The molecule has 34 heavy (non-hydrogen) atoms. The van der Waals surface area contributed by atoms with E-state index in [0.717, 1.165) is 5.56 Å². The largest absolute Gasteiger partial charge is 0.478 e. The first-order chi connectivity index (χ1) is 16.5. The van der Waals surface area contributed by atoms with Gasteiger partial charge in [0.05, 0.1) is 19.2 Å². The van der Waals surface area contributed by atoms with Crippen LogP contribution in [0.3, 0.4) is 0 Å². The van der Waals surface area contributed by atoms with Gasteiger partial charge in [0.15, 0.2) is 11.5 Å². The third kappa shape index (κ3) is 3.55. The SMILES string of the molecule is COC(=O)c1c(-c2ccccc2)c2cc(C(=O)O)ccc2c(=O)n1Cc1ccc2c(c1)OCO2. The highest BCUT2D eigenvalue weighted by Crippen LogP contribution is 2.35. The third-order valence-electron chi connectivity index (χ3n) is 5.74. The smallest absolute Gasteiger partial charge is 0.355 e. The Balaban J connectivity index is 1.84. The highest BCUT2D eigenvalue weighted by molar-refractivity contribution is 6.08. The zero-order valence-electron chi connectivity index (χ0n) is 18.1. The molecule has 0 fully saturated rings. The second kappa shape index (κ2) is 8.40. The Morgan fingerprint density at radius 1 is 0.971 bits per heavy atom. The maximum atomic E-state index is 13.6. The highest BCUT2D eigenvalue weighted by Gasteiger charge is 2.25. The molecular weight excluding hydrogens is 438 g/mol. The molecule has 0 bridgehead atoms. The fourth-order valence-electron chi connectivity index (χ4n) is 4.16. The summed E-state index contributed by atoms with van der Waals surface area (Å²) in [6, 6.07) is 18.6. The quantitative estimate of drug-likeness (QED) is 0.453. The maximum absolute atomic E-state index is 13.6. The summed E-state index contributed by atoms with van der Waals surface area (Å²) in [5, 5.41) is 10.2. The Morgan fingerprint density at radius 3 is 2.47 bits per heavy atom. The molecule has 170 valence electrons. The van der Waals surface area contributed by atoms with Crippen LogP contribution in [-0.4, -0.2) is 35.5 Å². The molecule has 1 N–H and O–H groups in total. The zero-order chi connectivity index (χ0) is 23.8. The monoisotopic (exact) mass is 457 g/mol. The number of aromatic nitrogens is 1. The van der Waals surface area contributed by atoms with Crippen molar-refractivity contribution in [3.8, 4) is 22.6 Å². The molecular formula is C26H19NO7. The van der Waals surface area contributed by atoms with E-state index in [9.17, 15) is 19.5 Å². The van der Waals surface area contributed by atoms with Gasteiger partial charge in [-0.25, -0.2) is 9.59 Å². The molecule has 0 aliphatic carbocycles. The molecule has 1 aliphatic heterocycles. The molecule has 5 rings (SSSR count). The van der Waals surface area contributed by atoms with Crippen molar-refractivity contribution < 1.29 is 28.9 Å². The lowest BCUT2D eigenvalue weighted by molar-refractivity contribution is 0.0588. The van der Waals surface area contributed by atoms with E-state index in [-0.39, 0.29) is 30.0 Å². The minimum Gasteiger partial charge on any atom is -0.478 e. The van der Waals surface area contributed by atoms with Crippen molar-refractivity contribution in [2.24, 2.45) is 0 Å². The number of rotatable bonds is 5. The van der Waals surface area contributed by atoms with E-state index in [1.807, 2.05) is 6.07 Å². The molecule has 1 aliphatic rings. The number of methoxy groups -OCH3 is 1. The van der Waals surface area contributed by atoms with Crippen molar-refractivity contribution >= 4 is 22.7 Å². The molecule has 0 radical (unpaired) electrons. The fourth-order valence-corrected chi connectivity index (χ4v) is 4.16. The number of hydrogen-bond acceptors (Lipinski definition) is 6. The van der Waals surface area contributed by atoms with Crippen molar-refractivity contribution in [1.29, 1.82) is 0 Å². The number of esters is 1. The lowest BCUT2D eigenvalue weighted by Crippen LogP contribution is -2.28. The number of ether oxygens (including phenoxy) is 3. The molecule has 2 heterocycles. The van der Waals surface area contributed by atoms with Crippen LogP contribution in [0.2, 0.25) is 0 Å². The molecule has 8 heteroatoms. The predicted molar refractivity (Wildman–Crippen MR) is 124 cm³/mol. The predicted octanol–water partition coefficient (Wildman–Crippen LogP) is 3.93. The van der Waals surface area contributed by atoms with Gasteiger partial charge < -0.3 is 19.3 Å². The molecule has 0 amide bonds. The Bertz CT molecular complexity index is 1510. The van der Waals surface area contributed by atoms with Gasteiger partial charge in [-0.3, -0.25) is 9.36 Å². The van der Waals surface area contributed by atoms with Gasteiger partial charge in [0.2, 0.25) is 6.79 Å². The molecule has 8 nitrogen and oxygen atoms in total. The Kier molecular flexibility index (Phi) is 5.25. The van der Waals surface area contributed by atoms with Crippen LogP contribution in [0.4, 0.5) is 0 Å². The van der Waals surface area contributed by atoms with Crippen molar-refractivity contribution in [3.05, 3.63) is 93.9 Å². The Morgan fingerprint density at radius 2 is 1.74 bits per heavy atom. The highest BCUT2D eigenvalue weighted by atomic mass is 16.7. The summed E-state index contributed by atoms with van der Waals surface area (Å²) in [4.78, 5) is 38.4. The van der Waals surface area contributed by atoms with Gasteiger partial charge >= 0.3 is 11.9 Å². The summed E-state index contributed by atoms with van der Waals surface area (Å²) in [5.41, 5.74) is 1.39. The molecule has 0 atom stereocenters. The van der Waals surface area contributed by atoms with E-state index >= 15 is 0 Å².